The van der Waals surface area contributed by atoms with Gasteiger partial charge in [-0.1, -0.05) is 12.2 Å². The van der Waals surface area contributed by atoms with E-state index in [0.29, 0.717) is 9.87 Å². The highest BCUT2D eigenvalue weighted by molar-refractivity contribution is 9.10. The van der Waals surface area contributed by atoms with Gasteiger partial charge < -0.3 is 10.6 Å². The van der Waals surface area contributed by atoms with Crippen molar-refractivity contribution in [2.24, 2.45) is 5.73 Å². The lowest BCUT2D eigenvalue weighted by atomic mass is 10.3. The summed E-state index contributed by atoms with van der Waals surface area (Å²) in [5, 5.41) is 1.86. The van der Waals surface area contributed by atoms with Crippen LogP contribution >= 0.6 is 39.5 Å². The van der Waals surface area contributed by atoms with Crippen LogP contribution in [0.15, 0.2) is 15.9 Å². The maximum absolute atomic E-state index is 12.0. The minimum atomic E-state index is -0.235. The molecule has 0 aliphatic rings. The molecule has 0 fully saturated rings. The molecule has 2 N–H and O–H groups in total. The molecular weight excluding hydrogens is 296 g/mol. The summed E-state index contributed by atoms with van der Waals surface area (Å²) < 4.78 is 0.805. The molecule has 0 saturated carbocycles. The summed E-state index contributed by atoms with van der Waals surface area (Å²) in [6.07, 6.45) is 0. The monoisotopic (exact) mass is 306 g/mol. The average Bonchev–Trinajstić information content (AvgIpc) is 2.60. The van der Waals surface area contributed by atoms with Crippen LogP contribution in [0.3, 0.4) is 0 Å². The first-order chi connectivity index (χ1) is 6.95. The van der Waals surface area contributed by atoms with Gasteiger partial charge in [-0.15, -0.1) is 11.3 Å². The highest BCUT2D eigenvalue weighted by atomic mass is 79.9. The molecular formula is C9H11BrN2OS2. The van der Waals surface area contributed by atoms with Gasteiger partial charge in [0.2, 0.25) is 0 Å². The molecule has 3 nitrogen and oxygen atoms in total. The highest BCUT2D eigenvalue weighted by Crippen LogP contribution is 2.24. The molecule has 0 aromatic carbocycles. The van der Waals surface area contributed by atoms with Crippen LogP contribution in [0, 0.1) is 0 Å². The Kier molecular flexibility index (Phi) is 4.24. The van der Waals surface area contributed by atoms with Gasteiger partial charge in [0.15, 0.2) is 0 Å². The van der Waals surface area contributed by atoms with Gasteiger partial charge in [-0.3, -0.25) is 4.79 Å². The normalized spacial score (nSPS) is 12.2. The zero-order chi connectivity index (χ0) is 11.6. The van der Waals surface area contributed by atoms with Gasteiger partial charge in [-0.25, -0.2) is 0 Å². The first kappa shape index (κ1) is 12.6. The van der Waals surface area contributed by atoms with Gasteiger partial charge in [-0.05, 0) is 34.3 Å². The fraction of sp³-hybridized carbons (Fsp3) is 0.333. The van der Waals surface area contributed by atoms with Crippen molar-refractivity contribution in [1.29, 1.82) is 0 Å². The second kappa shape index (κ2) is 5.05. The molecule has 82 valence electrons. The summed E-state index contributed by atoms with van der Waals surface area (Å²) in [5.41, 5.74) is 5.50. The molecule has 1 rings (SSSR count). The standard InChI is InChI=1S/C9H11BrN2OS2/c1-5(8(11)14)12(2)9(13)7-6(10)3-4-15-7/h3-5H,1-2H3,(H2,11,14). The Bertz CT molecular complexity index is 391. The molecule has 1 aromatic heterocycles. The molecule has 1 amide bonds. The number of hydrogen-bond acceptors (Lipinski definition) is 3. The van der Waals surface area contributed by atoms with Gasteiger partial charge >= 0.3 is 0 Å². The van der Waals surface area contributed by atoms with Crippen molar-refractivity contribution in [3.8, 4) is 0 Å². The minimum absolute atomic E-state index is 0.0721. The van der Waals surface area contributed by atoms with Crippen LogP contribution < -0.4 is 5.73 Å². The van der Waals surface area contributed by atoms with E-state index in [-0.39, 0.29) is 11.9 Å². The molecule has 1 atom stereocenters. The van der Waals surface area contributed by atoms with Gasteiger partial charge in [0.1, 0.15) is 4.88 Å². The zero-order valence-electron chi connectivity index (χ0n) is 8.36. The number of thiophene rings is 1. The Balaban J connectivity index is 2.86. The number of amides is 1. The maximum atomic E-state index is 12.0. The van der Waals surface area contributed by atoms with E-state index in [1.165, 1.54) is 11.3 Å². The van der Waals surface area contributed by atoms with E-state index < -0.39 is 0 Å². The Morgan fingerprint density at radius 2 is 2.33 bits per heavy atom. The second-order valence-corrected chi connectivity index (χ2v) is 5.33. The summed E-state index contributed by atoms with van der Waals surface area (Å²) in [7, 11) is 1.69. The molecule has 15 heavy (non-hydrogen) atoms. The molecule has 0 bridgehead atoms. The van der Waals surface area contributed by atoms with Crippen molar-refractivity contribution in [3.05, 3.63) is 20.8 Å². The molecule has 1 unspecified atom stereocenters. The SMILES string of the molecule is CC(C(N)=S)N(C)C(=O)c1sccc1Br. The second-order valence-electron chi connectivity index (χ2n) is 3.09. The van der Waals surface area contributed by atoms with Crippen molar-refractivity contribution in [1.82, 2.24) is 4.90 Å². The van der Waals surface area contributed by atoms with E-state index in [1.807, 2.05) is 18.4 Å². The van der Waals surface area contributed by atoms with Crippen LogP contribution in [-0.4, -0.2) is 28.9 Å². The average molecular weight is 307 g/mol. The lowest BCUT2D eigenvalue weighted by Crippen LogP contribution is -2.42. The molecule has 1 heterocycles. The molecule has 0 radical (unpaired) electrons. The predicted molar refractivity (Wildman–Crippen MR) is 70.4 cm³/mol. The van der Waals surface area contributed by atoms with Gasteiger partial charge in [0.05, 0.1) is 11.0 Å². The number of rotatable bonds is 3. The first-order valence-corrected chi connectivity index (χ1v) is 6.32. The van der Waals surface area contributed by atoms with E-state index in [4.69, 9.17) is 18.0 Å². The fourth-order valence-corrected chi connectivity index (χ4v) is 2.65. The number of halogens is 1. The first-order valence-electron chi connectivity index (χ1n) is 4.24. The topological polar surface area (TPSA) is 46.3 Å². The van der Waals surface area contributed by atoms with Gasteiger partial charge in [0, 0.05) is 11.5 Å². The van der Waals surface area contributed by atoms with E-state index in [0.717, 1.165) is 4.47 Å². The van der Waals surface area contributed by atoms with Crippen LogP contribution in [0.2, 0.25) is 0 Å². The van der Waals surface area contributed by atoms with Crippen LogP contribution in [0.25, 0.3) is 0 Å². The Morgan fingerprint density at radius 1 is 1.73 bits per heavy atom. The Morgan fingerprint density at radius 3 is 2.73 bits per heavy atom. The fourth-order valence-electron chi connectivity index (χ4n) is 0.973. The van der Waals surface area contributed by atoms with Crippen molar-refractivity contribution in [2.45, 2.75) is 13.0 Å². The lowest BCUT2D eigenvalue weighted by Gasteiger charge is -2.23. The quantitative estimate of drug-likeness (QED) is 0.871. The smallest absolute Gasteiger partial charge is 0.265 e. The molecule has 0 saturated heterocycles. The van der Waals surface area contributed by atoms with Crippen LogP contribution in [0.4, 0.5) is 0 Å². The van der Waals surface area contributed by atoms with Crippen molar-refractivity contribution in [3.63, 3.8) is 0 Å². The third-order valence-electron chi connectivity index (χ3n) is 2.12. The molecule has 0 aliphatic heterocycles. The number of carbonyl (C=O) groups excluding carboxylic acids is 1. The number of thiocarbonyl (C=S) groups is 1. The van der Waals surface area contributed by atoms with Crippen LogP contribution in [0.5, 0.6) is 0 Å². The zero-order valence-corrected chi connectivity index (χ0v) is 11.6. The van der Waals surface area contributed by atoms with Crippen molar-refractivity contribution in [2.75, 3.05) is 7.05 Å². The van der Waals surface area contributed by atoms with E-state index in [1.54, 1.807) is 11.9 Å². The molecule has 0 aliphatic carbocycles. The number of likely N-dealkylation sites (N-methyl/N-ethyl adjacent to an activating group) is 1. The minimum Gasteiger partial charge on any atom is -0.392 e. The Labute approximate surface area is 106 Å². The summed E-state index contributed by atoms with van der Waals surface area (Å²) in [5.74, 6) is -0.0721. The Hall–Kier alpha value is -0.460. The lowest BCUT2D eigenvalue weighted by molar-refractivity contribution is 0.0783. The largest absolute Gasteiger partial charge is 0.392 e. The number of carbonyl (C=O) groups is 1. The third-order valence-corrected chi connectivity index (χ3v) is 4.29. The van der Waals surface area contributed by atoms with Crippen molar-refractivity contribution < 1.29 is 4.79 Å². The number of nitrogens with zero attached hydrogens (tertiary/aromatic N) is 1. The molecule has 1 aromatic rings. The summed E-state index contributed by atoms with van der Waals surface area (Å²) >= 11 is 9.56. The highest BCUT2D eigenvalue weighted by Gasteiger charge is 2.21. The van der Waals surface area contributed by atoms with E-state index >= 15 is 0 Å². The number of hydrogen-bond donors (Lipinski definition) is 1. The summed E-state index contributed by atoms with van der Waals surface area (Å²) in [6, 6.07) is 1.61. The maximum Gasteiger partial charge on any atom is 0.265 e. The predicted octanol–water partition coefficient (Wildman–Crippen LogP) is 2.26. The van der Waals surface area contributed by atoms with Crippen molar-refractivity contribution >= 4 is 50.4 Å². The summed E-state index contributed by atoms with van der Waals surface area (Å²) in [6.45, 7) is 1.81. The van der Waals surface area contributed by atoms with Gasteiger partial charge in [0.25, 0.3) is 5.91 Å². The van der Waals surface area contributed by atoms with E-state index in [2.05, 4.69) is 15.9 Å². The van der Waals surface area contributed by atoms with Gasteiger partial charge in [-0.2, -0.15) is 0 Å². The van der Waals surface area contributed by atoms with Crippen LogP contribution in [-0.2, 0) is 0 Å². The number of nitrogens with two attached hydrogens (primary N) is 1. The van der Waals surface area contributed by atoms with E-state index in [9.17, 15) is 4.79 Å². The molecule has 6 heteroatoms. The summed E-state index contributed by atoms with van der Waals surface area (Å²) in [4.78, 5) is 14.5. The van der Waals surface area contributed by atoms with Crippen LogP contribution in [0.1, 0.15) is 16.6 Å². The molecule has 0 spiro atoms. The third kappa shape index (κ3) is 2.76.